The number of nitrogens with zero attached hydrogens (tertiary/aromatic N) is 3. The molecule has 3 rings (SSSR count). The number of fused-ring (bicyclic) bond motifs is 1. The van der Waals surface area contributed by atoms with Gasteiger partial charge in [-0.15, -0.1) is 0 Å². The van der Waals surface area contributed by atoms with E-state index in [1.807, 2.05) is 11.8 Å². The Balaban J connectivity index is 2.03. The Morgan fingerprint density at radius 2 is 2.17 bits per heavy atom. The van der Waals surface area contributed by atoms with E-state index in [2.05, 4.69) is 21.3 Å². The molecule has 0 saturated carbocycles. The van der Waals surface area contributed by atoms with Crippen molar-refractivity contribution in [2.45, 2.75) is 18.2 Å². The van der Waals surface area contributed by atoms with Gasteiger partial charge in [-0.1, -0.05) is 18.2 Å². The second kappa shape index (κ2) is 5.82. The van der Waals surface area contributed by atoms with Gasteiger partial charge < -0.3 is 4.90 Å². The summed E-state index contributed by atoms with van der Waals surface area (Å²) in [6.45, 7) is 6.58. The van der Waals surface area contributed by atoms with Gasteiger partial charge in [-0.25, -0.2) is 13.4 Å². The van der Waals surface area contributed by atoms with Gasteiger partial charge in [0.2, 0.25) is 0 Å². The van der Waals surface area contributed by atoms with Crippen LogP contribution in [0.1, 0.15) is 12.5 Å². The largest absolute Gasteiger partial charge is 0.345 e. The van der Waals surface area contributed by atoms with Crippen LogP contribution in [0.3, 0.4) is 0 Å². The zero-order valence-electron chi connectivity index (χ0n) is 12.5. The molecule has 8 heteroatoms. The smallest absolute Gasteiger partial charge is 0.264 e. The number of hydrogen-bond donors (Lipinski definition) is 1. The fraction of sp³-hybridized carbons (Fsp3) is 0.200. The lowest BCUT2D eigenvalue weighted by molar-refractivity contribution is 0.601. The Hall–Kier alpha value is -2.12. The summed E-state index contributed by atoms with van der Waals surface area (Å²) in [7, 11) is -3.86. The van der Waals surface area contributed by atoms with E-state index in [0.29, 0.717) is 0 Å². The van der Waals surface area contributed by atoms with Crippen molar-refractivity contribution in [3.05, 3.63) is 53.6 Å². The molecule has 0 amide bonds. The van der Waals surface area contributed by atoms with E-state index in [-0.39, 0.29) is 15.7 Å². The van der Waals surface area contributed by atoms with Crippen molar-refractivity contribution in [3.8, 4) is 0 Å². The lowest BCUT2D eigenvalue weighted by Crippen LogP contribution is -2.18. The average Bonchev–Trinajstić information content (AvgIpc) is 2.89. The molecule has 1 aliphatic rings. The molecule has 0 atom stereocenters. The maximum absolute atomic E-state index is 12.6. The SMILES string of the molecule is C=C(C)N1CCc2cc(Cl)c(S(=O)(=O)Nc3cnccn3)cc21. The van der Waals surface area contributed by atoms with Crippen LogP contribution in [-0.2, 0) is 16.4 Å². The summed E-state index contributed by atoms with van der Waals surface area (Å²) >= 11 is 6.19. The Kier molecular flexibility index (Phi) is 3.99. The van der Waals surface area contributed by atoms with Crippen molar-refractivity contribution in [1.29, 1.82) is 0 Å². The quantitative estimate of drug-likeness (QED) is 0.917. The Bertz CT molecular complexity index is 869. The van der Waals surface area contributed by atoms with Crippen LogP contribution in [0, 0.1) is 0 Å². The summed E-state index contributed by atoms with van der Waals surface area (Å²) in [6, 6.07) is 3.28. The lowest BCUT2D eigenvalue weighted by Gasteiger charge is -2.20. The molecular formula is C15H15ClN4O2S. The van der Waals surface area contributed by atoms with E-state index < -0.39 is 10.0 Å². The van der Waals surface area contributed by atoms with Crippen LogP contribution >= 0.6 is 11.6 Å². The predicted molar refractivity (Wildman–Crippen MR) is 90.2 cm³/mol. The second-order valence-corrected chi connectivity index (χ2v) is 7.30. The van der Waals surface area contributed by atoms with Gasteiger partial charge >= 0.3 is 0 Å². The summed E-state index contributed by atoms with van der Waals surface area (Å²) in [4.78, 5) is 9.74. The number of benzene rings is 1. The molecule has 6 nitrogen and oxygen atoms in total. The summed E-state index contributed by atoms with van der Waals surface area (Å²) in [5, 5.41) is 0.184. The van der Waals surface area contributed by atoms with Gasteiger partial charge in [-0.2, -0.15) is 0 Å². The Labute approximate surface area is 139 Å². The number of nitrogens with one attached hydrogen (secondary N) is 1. The van der Waals surface area contributed by atoms with Crippen LogP contribution in [0.25, 0.3) is 0 Å². The maximum Gasteiger partial charge on any atom is 0.264 e. The number of anilines is 2. The maximum atomic E-state index is 12.6. The second-order valence-electron chi connectivity index (χ2n) is 5.24. The topological polar surface area (TPSA) is 75.2 Å². The van der Waals surface area contributed by atoms with Crippen molar-refractivity contribution >= 4 is 33.1 Å². The zero-order valence-corrected chi connectivity index (χ0v) is 14.0. The van der Waals surface area contributed by atoms with Gasteiger partial charge in [0.25, 0.3) is 10.0 Å². The molecule has 1 aliphatic heterocycles. The van der Waals surface area contributed by atoms with E-state index in [9.17, 15) is 8.42 Å². The highest BCUT2D eigenvalue weighted by Gasteiger charge is 2.26. The molecule has 1 aromatic heterocycles. The number of allylic oxidation sites excluding steroid dienone is 1. The third kappa shape index (κ3) is 3.02. The molecule has 0 fully saturated rings. The van der Waals surface area contributed by atoms with Gasteiger partial charge in [-0.3, -0.25) is 9.71 Å². The number of halogens is 1. The first kappa shape index (κ1) is 15.8. The van der Waals surface area contributed by atoms with Gasteiger partial charge in [0, 0.05) is 30.3 Å². The first-order chi connectivity index (χ1) is 10.9. The Morgan fingerprint density at radius 1 is 1.39 bits per heavy atom. The third-order valence-corrected chi connectivity index (χ3v) is 5.40. The molecule has 0 aliphatic carbocycles. The highest BCUT2D eigenvalue weighted by atomic mass is 35.5. The van der Waals surface area contributed by atoms with Crippen molar-refractivity contribution in [3.63, 3.8) is 0 Å². The molecular weight excluding hydrogens is 336 g/mol. The fourth-order valence-corrected chi connectivity index (χ4v) is 4.10. The summed E-state index contributed by atoms with van der Waals surface area (Å²) in [6.07, 6.45) is 5.01. The molecule has 1 N–H and O–H groups in total. The van der Waals surface area contributed by atoms with E-state index in [4.69, 9.17) is 11.6 Å². The third-order valence-electron chi connectivity index (χ3n) is 3.58. The van der Waals surface area contributed by atoms with Crippen LogP contribution in [0.5, 0.6) is 0 Å². The molecule has 2 aromatic rings. The minimum atomic E-state index is -3.86. The first-order valence-corrected chi connectivity index (χ1v) is 8.79. The number of sulfonamides is 1. The number of rotatable bonds is 4. The predicted octanol–water partition coefficient (Wildman–Crippen LogP) is 2.83. The molecule has 0 bridgehead atoms. The lowest BCUT2D eigenvalue weighted by atomic mass is 10.2. The van der Waals surface area contributed by atoms with Crippen LogP contribution < -0.4 is 9.62 Å². The molecule has 23 heavy (non-hydrogen) atoms. The Morgan fingerprint density at radius 3 is 2.83 bits per heavy atom. The van der Waals surface area contributed by atoms with Gasteiger partial charge in [0.05, 0.1) is 11.2 Å². The van der Waals surface area contributed by atoms with Crippen molar-refractivity contribution in [2.24, 2.45) is 0 Å². The van der Waals surface area contributed by atoms with Crippen molar-refractivity contribution in [2.75, 3.05) is 16.2 Å². The van der Waals surface area contributed by atoms with E-state index in [0.717, 1.165) is 29.9 Å². The van der Waals surface area contributed by atoms with Crippen LogP contribution in [0.4, 0.5) is 11.5 Å². The van der Waals surface area contributed by atoms with Crippen molar-refractivity contribution < 1.29 is 8.42 Å². The minimum Gasteiger partial charge on any atom is -0.345 e. The van der Waals surface area contributed by atoms with E-state index >= 15 is 0 Å². The van der Waals surface area contributed by atoms with E-state index in [1.54, 1.807) is 12.1 Å². The summed E-state index contributed by atoms with van der Waals surface area (Å²) in [5.74, 6) is 0.140. The zero-order chi connectivity index (χ0) is 16.6. The fourth-order valence-electron chi connectivity index (χ4n) is 2.53. The number of aromatic nitrogens is 2. The standard InChI is InChI=1S/C15H15ClN4O2S/c1-10(2)20-6-3-11-7-12(16)14(8-13(11)20)23(21,22)19-15-9-17-4-5-18-15/h4-5,7-9H,1,3,6H2,2H3,(H,18,19). The summed E-state index contributed by atoms with van der Waals surface area (Å²) in [5.41, 5.74) is 2.69. The normalized spacial score (nSPS) is 13.7. The monoisotopic (exact) mass is 350 g/mol. The van der Waals surface area contributed by atoms with Crippen LogP contribution in [0.15, 0.2) is 47.9 Å². The summed E-state index contributed by atoms with van der Waals surface area (Å²) < 4.78 is 27.6. The number of hydrogen-bond acceptors (Lipinski definition) is 5. The minimum absolute atomic E-state index is 0.0109. The molecule has 0 spiro atoms. The highest BCUT2D eigenvalue weighted by Crippen LogP contribution is 2.37. The molecule has 2 heterocycles. The van der Waals surface area contributed by atoms with E-state index in [1.165, 1.54) is 18.6 Å². The molecule has 0 radical (unpaired) electrons. The van der Waals surface area contributed by atoms with Crippen LogP contribution in [-0.4, -0.2) is 24.9 Å². The first-order valence-electron chi connectivity index (χ1n) is 6.93. The van der Waals surface area contributed by atoms with Crippen LogP contribution in [0.2, 0.25) is 5.02 Å². The van der Waals surface area contributed by atoms with Crippen molar-refractivity contribution in [1.82, 2.24) is 9.97 Å². The molecule has 1 aromatic carbocycles. The van der Waals surface area contributed by atoms with Gasteiger partial charge in [0.1, 0.15) is 4.90 Å². The average molecular weight is 351 g/mol. The van der Waals surface area contributed by atoms with Gasteiger partial charge in [0.15, 0.2) is 5.82 Å². The highest BCUT2D eigenvalue weighted by molar-refractivity contribution is 7.92. The molecule has 0 saturated heterocycles. The van der Waals surface area contributed by atoms with Gasteiger partial charge in [-0.05, 0) is 31.0 Å². The molecule has 120 valence electrons. The molecule has 0 unspecified atom stereocenters.